The monoisotopic (exact) mass is 146 g/mol. The zero-order valence-corrected chi connectivity index (χ0v) is 6.25. The molecule has 3 nitrogen and oxygen atoms in total. The quantitative estimate of drug-likeness (QED) is 0.610. The maximum Gasteiger partial charge on any atom is 0.0855 e. The molecule has 0 aliphatic carbocycles. The van der Waals surface area contributed by atoms with Gasteiger partial charge in [-0.15, -0.1) is 0 Å². The molecule has 1 N–H and O–H groups in total. The van der Waals surface area contributed by atoms with Crippen molar-refractivity contribution in [3.63, 3.8) is 0 Å². The van der Waals surface area contributed by atoms with Crippen molar-refractivity contribution < 1.29 is 14.6 Å². The van der Waals surface area contributed by atoms with Gasteiger partial charge in [0.2, 0.25) is 0 Å². The van der Waals surface area contributed by atoms with Crippen LogP contribution in [0.25, 0.3) is 0 Å². The van der Waals surface area contributed by atoms with Crippen molar-refractivity contribution in [3.05, 3.63) is 0 Å². The lowest BCUT2D eigenvalue weighted by molar-refractivity contribution is 0.0608. The number of hydrogen-bond donors (Lipinski definition) is 1. The third-order valence-corrected chi connectivity index (χ3v) is 1.94. The fourth-order valence-electron chi connectivity index (χ4n) is 1.27. The molecule has 0 saturated carbocycles. The average molecular weight is 146 g/mol. The lowest BCUT2D eigenvalue weighted by Crippen LogP contribution is -2.21. The second-order valence-corrected chi connectivity index (χ2v) is 2.58. The van der Waals surface area contributed by atoms with Gasteiger partial charge in [0, 0.05) is 19.6 Å². The Hall–Kier alpha value is -0.120. The van der Waals surface area contributed by atoms with Crippen LogP contribution in [0.1, 0.15) is 6.42 Å². The van der Waals surface area contributed by atoms with E-state index in [4.69, 9.17) is 14.6 Å². The summed E-state index contributed by atoms with van der Waals surface area (Å²) in [7, 11) is 1.68. The molecule has 0 bridgehead atoms. The molecule has 3 heteroatoms. The predicted molar refractivity (Wildman–Crippen MR) is 36.8 cm³/mol. The van der Waals surface area contributed by atoms with Crippen molar-refractivity contribution >= 4 is 0 Å². The van der Waals surface area contributed by atoms with E-state index in [-0.39, 0.29) is 12.7 Å². The highest BCUT2D eigenvalue weighted by atomic mass is 16.5. The van der Waals surface area contributed by atoms with E-state index >= 15 is 0 Å². The maximum absolute atomic E-state index is 8.63. The van der Waals surface area contributed by atoms with E-state index in [1.165, 1.54) is 0 Å². The van der Waals surface area contributed by atoms with Gasteiger partial charge < -0.3 is 14.6 Å². The van der Waals surface area contributed by atoms with Crippen LogP contribution in [-0.4, -0.2) is 38.1 Å². The van der Waals surface area contributed by atoms with E-state index in [9.17, 15) is 0 Å². The highest BCUT2D eigenvalue weighted by molar-refractivity contribution is 4.74. The maximum atomic E-state index is 8.63. The molecule has 0 aromatic rings. The first-order valence-corrected chi connectivity index (χ1v) is 3.60. The summed E-state index contributed by atoms with van der Waals surface area (Å²) in [5.74, 6) is 0.398. The first-order chi connectivity index (χ1) is 4.88. The van der Waals surface area contributed by atoms with Crippen LogP contribution in [0.3, 0.4) is 0 Å². The van der Waals surface area contributed by atoms with Crippen LogP contribution in [-0.2, 0) is 9.47 Å². The Kier molecular flexibility index (Phi) is 3.12. The molecule has 1 rings (SSSR count). The van der Waals surface area contributed by atoms with Gasteiger partial charge in [-0.25, -0.2) is 0 Å². The second kappa shape index (κ2) is 3.91. The van der Waals surface area contributed by atoms with Crippen molar-refractivity contribution in [1.29, 1.82) is 0 Å². The summed E-state index contributed by atoms with van der Waals surface area (Å²) in [6, 6.07) is 0. The number of methoxy groups -OCH3 is 1. The van der Waals surface area contributed by atoms with Gasteiger partial charge >= 0.3 is 0 Å². The lowest BCUT2D eigenvalue weighted by Gasteiger charge is -2.13. The number of aliphatic hydroxyl groups excluding tert-OH is 1. The summed E-state index contributed by atoms with van der Waals surface area (Å²) < 4.78 is 10.3. The van der Waals surface area contributed by atoms with E-state index in [1.54, 1.807) is 7.11 Å². The molecule has 2 atom stereocenters. The summed E-state index contributed by atoms with van der Waals surface area (Å²) in [5, 5.41) is 8.63. The largest absolute Gasteiger partial charge is 0.396 e. The molecule has 0 radical (unpaired) electrons. The molecule has 10 heavy (non-hydrogen) atoms. The molecule has 60 valence electrons. The van der Waals surface area contributed by atoms with Crippen LogP contribution in [0.5, 0.6) is 0 Å². The number of ether oxygens (including phenoxy) is 2. The van der Waals surface area contributed by atoms with Gasteiger partial charge in [-0.1, -0.05) is 0 Å². The molecule has 0 amide bonds. The first-order valence-electron chi connectivity index (χ1n) is 3.60. The standard InChI is InChI=1S/C7H14O3/c1-9-7-5-10-4-6(7)2-3-8/h6-8H,2-5H2,1H3/t6-,7+/m1/s1. The number of hydrogen-bond acceptors (Lipinski definition) is 3. The third-order valence-electron chi connectivity index (χ3n) is 1.94. The van der Waals surface area contributed by atoms with E-state index in [0.29, 0.717) is 12.5 Å². The van der Waals surface area contributed by atoms with E-state index in [2.05, 4.69) is 0 Å². The van der Waals surface area contributed by atoms with E-state index < -0.39 is 0 Å². The van der Waals surface area contributed by atoms with Crippen molar-refractivity contribution in [1.82, 2.24) is 0 Å². The summed E-state index contributed by atoms with van der Waals surface area (Å²) in [6.45, 7) is 1.65. The molecule has 1 heterocycles. The van der Waals surface area contributed by atoms with Crippen molar-refractivity contribution in [2.75, 3.05) is 26.9 Å². The van der Waals surface area contributed by atoms with E-state index in [0.717, 1.165) is 13.0 Å². The molecule has 1 aliphatic heterocycles. The Balaban J connectivity index is 2.27. The highest BCUT2D eigenvalue weighted by Crippen LogP contribution is 2.18. The highest BCUT2D eigenvalue weighted by Gasteiger charge is 2.26. The van der Waals surface area contributed by atoms with Gasteiger partial charge in [0.05, 0.1) is 19.3 Å². The number of rotatable bonds is 3. The minimum absolute atomic E-state index is 0.201. The van der Waals surface area contributed by atoms with Gasteiger partial charge in [0.25, 0.3) is 0 Å². The molecule has 1 aliphatic rings. The fraction of sp³-hybridized carbons (Fsp3) is 1.00. The summed E-state index contributed by atoms with van der Waals surface area (Å²) >= 11 is 0. The van der Waals surface area contributed by atoms with Crippen molar-refractivity contribution in [3.8, 4) is 0 Å². The van der Waals surface area contributed by atoms with Gasteiger partial charge in [-0.2, -0.15) is 0 Å². The van der Waals surface area contributed by atoms with Gasteiger partial charge in [-0.3, -0.25) is 0 Å². The SMILES string of the molecule is CO[C@H]1COC[C@H]1CCO. The fourth-order valence-corrected chi connectivity index (χ4v) is 1.27. The topological polar surface area (TPSA) is 38.7 Å². The average Bonchev–Trinajstić information content (AvgIpc) is 2.36. The van der Waals surface area contributed by atoms with Crippen LogP contribution in [0, 0.1) is 5.92 Å². The Morgan fingerprint density at radius 2 is 2.40 bits per heavy atom. The van der Waals surface area contributed by atoms with Crippen LogP contribution in [0.15, 0.2) is 0 Å². The second-order valence-electron chi connectivity index (χ2n) is 2.58. The van der Waals surface area contributed by atoms with Crippen molar-refractivity contribution in [2.24, 2.45) is 5.92 Å². The third kappa shape index (κ3) is 1.68. The van der Waals surface area contributed by atoms with Crippen LogP contribution in [0.2, 0.25) is 0 Å². The van der Waals surface area contributed by atoms with Crippen LogP contribution < -0.4 is 0 Å². The summed E-state index contributed by atoms with van der Waals surface area (Å²) in [6.07, 6.45) is 0.991. The zero-order valence-electron chi connectivity index (χ0n) is 6.25. The van der Waals surface area contributed by atoms with Gasteiger partial charge in [0.15, 0.2) is 0 Å². The smallest absolute Gasteiger partial charge is 0.0855 e. The lowest BCUT2D eigenvalue weighted by atomic mass is 10.0. The molecule has 0 unspecified atom stereocenters. The molecular formula is C7H14O3. The molecule has 0 aromatic heterocycles. The zero-order chi connectivity index (χ0) is 7.40. The summed E-state index contributed by atoms with van der Waals surface area (Å²) in [5.41, 5.74) is 0. The predicted octanol–water partition coefficient (Wildman–Crippen LogP) is 0.0302. The van der Waals surface area contributed by atoms with Crippen molar-refractivity contribution in [2.45, 2.75) is 12.5 Å². The molecule has 0 spiro atoms. The number of aliphatic hydroxyl groups is 1. The normalized spacial score (nSPS) is 33.0. The molecule has 0 aromatic carbocycles. The Morgan fingerprint density at radius 1 is 1.60 bits per heavy atom. The molecular weight excluding hydrogens is 132 g/mol. The first kappa shape index (κ1) is 7.98. The van der Waals surface area contributed by atoms with E-state index in [1.807, 2.05) is 0 Å². The van der Waals surface area contributed by atoms with Gasteiger partial charge in [0.1, 0.15) is 0 Å². The molecule has 1 fully saturated rings. The van der Waals surface area contributed by atoms with Gasteiger partial charge in [-0.05, 0) is 6.42 Å². The summed E-state index contributed by atoms with van der Waals surface area (Å²) in [4.78, 5) is 0. The minimum atomic E-state index is 0.201. The molecule has 1 saturated heterocycles. The minimum Gasteiger partial charge on any atom is -0.396 e. The Bertz CT molecular complexity index is 94.9. The van der Waals surface area contributed by atoms with Crippen LogP contribution >= 0.6 is 0 Å². The Morgan fingerprint density at radius 3 is 3.00 bits per heavy atom. The Labute approximate surface area is 60.9 Å². The van der Waals surface area contributed by atoms with Crippen LogP contribution in [0.4, 0.5) is 0 Å².